The summed E-state index contributed by atoms with van der Waals surface area (Å²) in [6.45, 7) is 7.08. The van der Waals surface area contributed by atoms with Crippen LogP contribution in [-0.2, 0) is 0 Å². The maximum absolute atomic E-state index is 5.81. The topological polar surface area (TPSA) is 21.7 Å². The fraction of sp³-hybridized carbons (Fsp3) is 0.360. The van der Waals surface area contributed by atoms with Gasteiger partial charge in [0.1, 0.15) is 11.5 Å². The van der Waals surface area contributed by atoms with Gasteiger partial charge in [-0.05, 0) is 65.0 Å². The van der Waals surface area contributed by atoms with E-state index in [4.69, 9.17) is 9.47 Å². The summed E-state index contributed by atoms with van der Waals surface area (Å²) in [6, 6.07) is 17.3. The number of hydrogen-bond donors (Lipinski definition) is 0. The van der Waals surface area contributed by atoms with Crippen LogP contribution in [0, 0.1) is 5.92 Å². The third kappa shape index (κ3) is 4.50. The highest BCUT2D eigenvalue weighted by Gasteiger charge is 2.34. The molecule has 0 aliphatic heterocycles. The molecule has 0 radical (unpaired) electrons. The van der Waals surface area contributed by atoms with Gasteiger partial charge in [0.2, 0.25) is 0 Å². The molecule has 2 aromatic carbocycles. The van der Waals surface area contributed by atoms with Crippen molar-refractivity contribution >= 4 is 26.5 Å². The lowest BCUT2D eigenvalue weighted by molar-refractivity contribution is 0.281. The molecule has 0 N–H and O–H groups in total. The Morgan fingerprint density at radius 1 is 0.867 bits per heavy atom. The first-order valence-corrected chi connectivity index (χ1v) is 13.8. The quantitative estimate of drug-likeness (QED) is 0.524. The van der Waals surface area contributed by atoms with Gasteiger partial charge in [-0.15, -0.1) is 0 Å². The van der Waals surface area contributed by atoms with Gasteiger partial charge in [0.25, 0.3) is 0 Å². The minimum atomic E-state index is -0.807. The molecule has 0 amide bonds. The molecule has 1 aliphatic carbocycles. The molecule has 1 aliphatic rings. The SMILES string of the molecule is COc1ccccc1P(C1=C(P(C)C)C([C@@H](C)N(C)C)C=C1)c1ccccc1OC. The van der Waals surface area contributed by atoms with E-state index in [2.05, 4.69) is 87.8 Å². The van der Waals surface area contributed by atoms with Gasteiger partial charge in [-0.3, -0.25) is 0 Å². The largest absolute Gasteiger partial charge is 0.496 e. The number of nitrogens with zero attached hydrogens (tertiary/aromatic N) is 1. The molecule has 0 aromatic heterocycles. The average molecular weight is 441 g/mol. The molecule has 0 bridgehead atoms. The Morgan fingerprint density at radius 2 is 1.37 bits per heavy atom. The smallest absolute Gasteiger partial charge is 0.127 e. The molecule has 160 valence electrons. The maximum atomic E-state index is 5.81. The van der Waals surface area contributed by atoms with Crippen LogP contribution in [0.2, 0.25) is 0 Å². The van der Waals surface area contributed by atoms with Crippen molar-refractivity contribution in [3.8, 4) is 11.5 Å². The Labute approximate surface area is 184 Å². The van der Waals surface area contributed by atoms with Crippen molar-refractivity contribution in [3.05, 3.63) is 71.3 Å². The second-order valence-electron chi connectivity index (χ2n) is 7.93. The van der Waals surface area contributed by atoms with E-state index in [0.717, 1.165) is 11.5 Å². The molecule has 2 atom stereocenters. The monoisotopic (exact) mass is 441 g/mol. The third-order valence-electron chi connectivity index (χ3n) is 5.75. The number of benzene rings is 2. The van der Waals surface area contributed by atoms with Crippen LogP contribution in [0.15, 0.2) is 71.3 Å². The highest BCUT2D eigenvalue weighted by Crippen LogP contribution is 2.59. The van der Waals surface area contributed by atoms with Crippen LogP contribution in [0.1, 0.15) is 6.92 Å². The molecule has 0 saturated heterocycles. The first-order chi connectivity index (χ1) is 14.4. The van der Waals surface area contributed by atoms with Crippen LogP contribution in [0.3, 0.4) is 0 Å². The number of allylic oxidation sites excluding steroid dienone is 2. The first-order valence-electron chi connectivity index (χ1n) is 10.2. The molecule has 3 rings (SSSR count). The normalized spacial score (nSPS) is 17.3. The molecule has 1 unspecified atom stereocenters. The van der Waals surface area contributed by atoms with E-state index in [-0.39, 0.29) is 7.92 Å². The summed E-state index contributed by atoms with van der Waals surface area (Å²) in [5, 5.41) is 5.53. The molecular weight excluding hydrogens is 408 g/mol. The molecule has 0 spiro atoms. The second kappa shape index (κ2) is 10.1. The molecule has 0 fully saturated rings. The molecule has 0 heterocycles. The van der Waals surface area contributed by atoms with Crippen LogP contribution in [0.25, 0.3) is 0 Å². The van der Waals surface area contributed by atoms with E-state index in [9.17, 15) is 0 Å². The molecule has 3 nitrogen and oxygen atoms in total. The van der Waals surface area contributed by atoms with E-state index in [1.807, 2.05) is 12.1 Å². The van der Waals surface area contributed by atoms with Gasteiger partial charge in [-0.2, -0.15) is 0 Å². The Hall–Kier alpha value is -1.66. The minimum absolute atomic E-state index is 0.253. The van der Waals surface area contributed by atoms with Crippen molar-refractivity contribution in [2.24, 2.45) is 5.92 Å². The van der Waals surface area contributed by atoms with Crippen molar-refractivity contribution in [2.75, 3.05) is 41.6 Å². The Balaban J connectivity index is 2.28. The van der Waals surface area contributed by atoms with Gasteiger partial charge in [0.15, 0.2) is 0 Å². The maximum Gasteiger partial charge on any atom is 0.127 e. The summed E-state index contributed by atoms with van der Waals surface area (Å²) >= 11 is 0. The zero-order chi connectivity index (χ0) is 21.8. The molecule has 0 saturated carbocycles. The number of para-hydroxylation sites is 2. The number of ether oxygens (including phenoxy) is 2. The fourth-order valence-electron chi connectivity index (χ4n) is 3.99. The van der Waals surface area contributed by atoms with Crippen LogP contribution >= 0.6 is 15.8 Å². The van der Waals surface area contributed by atoms with Gasteiger partial charge in [-0.25, -0.2) is 0 Å². The highest BCUT2D eigenvalue weighted by atomic mass is 31.1. The van der Waals surface area contributed by atoms with E-state index in [1.54, 1.807) is 19.5 Å². The minimum Gasteiger partial charge on any atom is -0.496 e. The zero-order valence-electron chi connectivity index (χ0n) is 19.1. The second-order valence-corrected chi connectivity index (χ2v) is 12.3. The van der Waals surface area contributed by atoms with Crippen LogP contribution < -0.4 is 20.1 Å². The predicted molar refractivity (Wildman–Crippen MR) is 134 cm³/mol. The zero-order valence-corrected chi connectivity index (χ0v) is 20.9. The van der Waals surface area contributed by atoms with Gasteiger partial charge in [0.05, 0.1) is 14.2 Å². The summed E-state index contributed by atoms with van der Waals surface area (Å²) in [4.78, 5) is 2.32. The Kier molecular flexibility index (Phi) is 7.75. The van der Waals surface area contributed by atoms with E-state index in [1.165, 1.54) is 15.9 Å². The van der Waals surface area contributed by atoms with Crippen molar-refractivity contribution in [1.82, 2.24) is 4.90 Å². The molecule has 2 aromatic rings. The van der Waals surface area contributed by atoms with E-state index >= 15 is 0 Å². The number of hydrogen-bond acceptors (Lipinski definition) is 3. The Bertz CT molecular complexity index is 889. The third-order valence-corrected chi connectivity index (χ3v) is 10.0. The summed E-state index contributed by atoms with van der Waals surface area (Å²) in [7, 11) is 6.81. The van der Waals surface area contributed by atoms with Gasteiger partial charge in [-0.1, -0.05) is 56.5 Å². The van der Waals surface area contributed by atoms with Crippen molar-refractivity contribution in [1.29, 1.82) is 0 Å². The fourth-order valence-corrected chi connectivity index (χ4v) is 8.95. The lowest BCUT2D eigenvalue weighted by Crippen LogP contribution is -2.31. The Morgan fingerprint density at radius 3 is 1.80 bits per heavy atom. The van der Waals surface area contributed by atoms with Crippen LogP contribution in [-0.4, -0.2) is 52.6 Å². The molecule has 5 heteroatoms. The lowest BCUT2D eigenvalue weighted by atomic mass is 10.0. The summed E-state index contributed by atoms with van der Waals surface area (Å²) in [5.41, 5.74) is 0. The van der Waals surface area contributed by atoms with Gasteiger partial charge in [0, 0.05) is 22.6 Å². The van der Waals surface area contributed by atoms with Gasteiger partial charge < -0.3 is 14.4 Å². The van der Waals surface area contributed by atoms with Crippen LogP contribution in [0.5, 0.6) is 11.5 Å². The predicted octanol–water partition coefficient (Wildman–Crippen LogP) is 5.23. The average Bonchev–Trinajstić information content (AvgIpc) is 3.19. The number of rotatable bonds is 8. The lowest BCUT2D eigenvalue weighted by Gasteiger charge is -2.31. The molecular formula is C25H33NO2P2. The summed E-state index contributed by atoms with van der Waals surface area (Å²) < 4.78 is 11.6. The summed E-state index contributed by atoms with van der Waals surface area (Å²) in [6.07, 6.45) is 4.80. The van der Waals surface area contributed by atoms with Crippen molar-refractivity contribution in [3.63, 3.8) is 0 Å². The first kappa shape index (κ1) is 23.0. The van der Waals surface area contributed by atoms with Crippen molar-refractivity contribution < 1.29 is 9.47 Å². The van der Waals surface area contributed by atoms with Gasteiger partial charge >= 0.3 is 0 Å². The van der Waals surface area contributed by atoms with E-state index < -0.39 is 7.92 Å². The number of methoxy groups -OCH3 is 2. The standard InChI is InChI=1S/C25H33NO2P2/c1-18(26(2)3)19-16-17-24(25(19)29(6)7)30(22-14-10-8-12-20(22)27-4)23-15-11-9-13-21(23)28-5/h8-19H,1-7H3/t18-,19?/m1/s1. The van der Waals surface area contributed by atoms with E-state index in [0.29, 0.717) is 12.0 Å². The summed E-state index contributed by atoms with van der Waals surface area (Å²) in [5.74, 6) is 2.32. The highest BCUT2D eigenvalue weighted by molar-refractivity contribution is 7.78. The van der Waals surface area contributed by atoms with Crippen molar-refractivity contribution in [2.45, 2.75) is 13.0 Å². The molecule has 30 heavy (non-hydrogen) atoms. The van der Waals surface area contributed by atoms with Crippen LogP contribution in [0.4, 0.5) is 0 Å².